The summed E-state index contributed by atoms with van der Waals surface area (Å²) in [4.78, 5) is -0.345. The van der Waals surface area contributed by atoms with E-state index in [9.17, 15) is 17.2 Å². The highest BCUT2D eigenvalue weighted by molar-refractivity contribution is 7.89. The third kappa shape index (κ3) is 4.90. The van der Waals surface area contributed by atoms with Crippen molar-refractivity contribution in [3.8, 4) is 11.5 Å². The number of ether oxygens (including phenoxy) is 2. The Balaban J connectivity index is 2.16. The molecule has 2 aromatic carbocycles. The molecule has 0 aliphatic rings. The standard InChI is InChI=1S/C17H19F2NO4S/c1-3-23-16-8-5-12(9-17(16)24-4-2)11-20-25(21,22)13-6-7-14(18)15(19)10-13/h5-10,20H,3-4,11H2,1-2H3. The molecule has 0 radical (unpaired) electrons. The zero-order valence-corrected chi connectivity index (χ0v) is 14.7. The minimum Gasteiger partial charge on any atom is -0.490 e. The quantitative estimate of drug-likeness (QED) is 0.774. The molecule has 8 heteroatoms. The maximum absolute atomic E-state index is 13.2. The van der Waals surface area contributed by atoms with E-state index >= 15 is 0 Å². The highest BCUT2D eigenvalue weighted by atomic mass is 32.2. The van der Waals surface area contributed by atoms with Gasteiger partial charge in [-0.05, 0) is 49.7 Å². The van der Waals surface area contributed by atoms with Gasteiger partial charge in [-0.3, -0.25) is 0 Å². The predicted octanol–water partition coefficient (Wildman–Crippen LogP) is 3.24. The van der Waals surface area contributed by atoms with Crippen molar-refractivity contribution < 1.29 is 26.7 Å². The van der Waals surface area contributed by atoms with E-state index in [4.69, 9.17) is 9.47 Å². The maximum Gasteiger partial charge on any atom is 0.240 e. The second kappa shape index (κ2) is 8.26. The molecule has 0 heterocycles. The lowest BCUT2D eigenvalue weighted by molar-refractivity contribution is 0.287. The number of benzene rings is 2. The van der Waals surface area contributed by atoms with E-state index in [-0.39, 0.29) is 11.4 Å². The average Bonchev–Trinajstić information content (AvgIpc) is 2.58. The van der Waals surface area contributed by atoms with Crippen LogP contribution < -0.4 is 14.2 Å². The fourth-order valence-electron chi connectivity index (χ4n) is 2.11. The van der Waals surface area contributed by atoms with E-state index < -0.39 is 21.7 Å². The fraction of sp³-hybridized carbons (Fsp3) is 0.294. The first-order chi connectivity index (χ1) is 11.9. The minimum atomic E-state index is -3.97. The molecule has 2 aromatic rings. The molecule has 0 aromatic heterocycles. The lowest BCUT2D eigenvalue weighted by Crippen LogP contribution is -2.23. The lowest BCUT2D eigenvalue weighted by Gasteiger charge is -2.13. The maximum atomic E-state index is 13.2. The number of halogens is 2. The molecule has 0 spiro atoms. The van der Waals surface area contributed by atoms with E-state index in [1.165, 1.54) is 0 Å². The van der Waals surface area contributed by atoms with Gasteiger partial charge >= 0.3 is 0 Å². The number of nitrogens with one attached hydrogen (secondary N) is 1. The summed E-state index contributed by atoms with van der Waals surface area (Å²) in [6.07, 6.45) is 0. The van der Waals surface area contributed by atoms with Crippen LogP contribution in [0.1, 0.15) is 19.4 Å². The summed E-state index contributed by atoms with van der Waals surface area (Å²) in [5.41, 5.74) is 0.637. The summed E-state index contributed by atoms with van der Waals surface area (Å²) in [5, 5.41) is 0. The first-order valence-electron chi connectivity index (χ1n) is 7.70. The van der Waals surface area contributed by atoms with Crippen molar-refractivity contribution >= 4 is 10.0 Å². The van der Waals surface area contributed by atoms with E-state index in [0.717, 1.165) is 12.1 Å². The van der Waals surface area contributed by atoms with Gasteiger partial charge in [-0.15, -0.1) is 0 Å². The molecule has 0 unspecified atom stereocenters. The van der Waals surface area contributed by atoms with Crippen LogP contribution in [0.5, 0.6) is 11.5 Å². The molecule has 0 atom stereocenters. The molecular weight excluding hydrogens is 352 g/mol. The van der Waals surface area contributed by atoms with Gasteiger partial charge in [-0.2, -0.15) is 0 Å². The molecule has 0 aliphatic heterocycles. The second-order valence-electron chi connectivity index (χ2n) is 5.05. The van der Waals surface area contributed by atoms with Crippen LogP contribution in [0.2, 0.25) is 0 Å². The molecule has 136 valence electrons. The minimum absolute atomic E-state index is 0.0339. The Morgan fingerprint density at radius 1 is 0.920 bits per heavy atom. The molecule has 2 rings (SSSR count). The first-order valence-corrected chi connectivity index (χ1v) is 9.19. The summed E-state index contributed by atoms with van der Waals surface area (Å²) in [6, 6.07) is 7.47. The van der Waals surface area contributed by atoms with Crippen LogP contribution in [-0.2, 0) is 16.6 Å². The molecule has 0 aliphatic carbocycles. The van der Waals surface area contributed by atoms with Crippen molar-refractivity contribution in [2.24, 2.45) is 0 Å². The molecular formula is C17H19F2NO4S. The van der Waals surface area contributed by atoms with Gasteiger partial charge in [-0.1, -0.05) is 6.07 Å². The van der Waals surface area contributed by atoms with E-state index in [1.54, 1.807) is 18.2 Å². The highest BCUT2D eigenvalue weighted by Crippen LogP contribution is 2.28. The van der Waals surface area contributed by atoms with Gasteiger partial charge in [0.25, 0.3) is 0 Å². The number of rotatable bonds is 8. The molecule has 0 amide bonds. The van der Waals surface area contributed by atoms with Crippen molar-refractivity contribution in [2.75, 3.05) is 13.2 Å². The summed E-state index contributed by atoms with van der Waals surface area (Å²) >= 11 is 0. The van der Waals surface area contributed by atoms with Crippen LogP contribution in [0.3, 0.4) is 0 Å². The third-order valence-corrected chi connectivity index (χ3v) is 4.67. The predicted molar refractivity (Wildman–Crippen MR) is 89.2 cm³/mol. The molecule has 25 heavy (non-hydrogen) atoms. The Kier molecular flexibility index (Phi) is 6.33. The molecule has 0 bridgehead atoms. The molecule has 0 saturated heterocycles. The Labute approximate surface area is 145 Å². The van der Waals surface area contributed by atoms with Crippen molar-refractivity contribution in [2.45, 2.75) is 25.3 Å². The normalized spacial score (nSPS) is 11.4. The summed E-state index contributed by atoms with van der Waals surface area (Å²) in [7, 11) is -3.97. The van der Waals surface area contributed by atoms with Crippen LogP contribution >= 0.6 is 0 Å². The number of hydrogen-bond donors (Lipinski definition) is 1. The van der Waals surface area contributed by atoms with Crippen LogP contribution in [0, 0.1) is 11.6 Å². The fourth-order valence-corrected chi connectivity index (χ4v) is 3.14. The third-order valence-electron chi connectivity index (χ3n) is 3.28. The topological polar surface area (TPSA) is 64.6 Å². The molecule has 1 N–H and O–H groups in total. The van der Waals surface area contributed by atoms with E-state index in [0.29, 0.717) is 36.3 Å². The van der Waals surface area contributed by atoms with Crippen LogP contribution in [-0.4, -0.2) is 21.6 Å². The Morgan fingerprint density at radius 3 is 2.24 bits per heavy atom. The van der Waals surface area contributed by atoms with E-state index in [1.807, 2.05) is 13.8 Å². The van der Waals surface area contributed by atoms with Gasteiger partial charge in [0.15, 0.2) is 23.1 Å². The smallest absolute Gasteiger partial charge is 0.240 e. The van der Waals surface area contributed by atoms with Crippen molar-refractivity contribution in [3.05, 3.63) is 53.6 Å². The lowest BCUT2D eigenvalue weighted by atomic mass is 10.2. The van der Waals surface area contributed by atoms with Gasteiger partial charge in [0.05, 0.1) is 18.1 Å². The summed E-state index contributed by atoms with van der Waals surface area (Å²) in [5.74, 6) is -1.25. The zero-order valence-electron chi connectivity index (χ0n) is 13.9. The van der Waals surface area contributed by atoms with Gasteiger partial charge in [0.2, 0.25) is 10.0 Å². The number of sulfonamides is 1. The van der Waals surface area contributed by atoms with Crippen LogP contribution in [0.15, 0.2) is 41.3 Å². The van der Waals surface area contributed by atoms with Gasteiger partial charge < -0.3 is 9.47 Å². The van der Waals surface area contributed by atoms with Gasteiger partial charge in [0, 0.05) is 6.54 Å². The second-order valence-corrected chi connectivity index (χ2v) is 6.81. The highest BCUT2D eigenvalue weighted by Gasteiger charge is 2.16. The summed E-state index contributed by atoms with van der Waals surface area (Å²) in [6.45, 7) is 4.55. The zero-order chi connectivity index (χ0) is 18.4. The van der Waals surface area contributed by atoms with Crippen LogP contribution in [0.25, 0.3) is 0 Å². The largest absolute Gasteiger partial charge is 0.490 e. The SMILES string of the molecule is CCOc1ccc(CNS(=O)(=O)c2ccc(F)c(F)c2)cc1OCC. The van der Waals surface area contributed by atoms with Crippen molar-refractivity contribution in [1.82, 2.24) is 4.72 Å². The Bertz CT molecular complexity index is 841. The Hall–Kier alpha value is -2.19. The van der Waals surface area contributed by atoms with Crippen molar-refractivity contribution in [3.63, 3.8) is 0 Å². The Morgan fingerprint density at radius 2 is 1.60 bits per heavy atom. The molecule has 0 fully saturated rings. The molecule has 0 saturated carbocycles. The van der Waals surface area contributed by atoms with Crippen molar-refractivity contribution in [1.29, 1.82) is 0 Å². The van der Waals surface area contributed by atoms with Crippen LogP contribution in [0.4, 0.5) is 8.78 Å². The summed E-state index contributed by atoms with van der Waals surface area (Å²) < 4.78 is 63.8. The molecule has 5 nitrogen and oxygen atoms in total. The first kappa shape index (κ1) is 19.1. The van der Waals surface area contributed by atoms with Gasteiger partial charge in [-0.25, -0.2) is 21.9 Å². The monoisotopic (exact) mass is 371 g/mol. The average molecular weight is 371 g/mol. The van der Waals surface area contributed by atoms with Gasteiger partial charge in [0.1, 0.15) is 0 Å². The number of hydrogen-bond acceptors (Lipinski definition) is 4. The van der Waals surface area contributed by atoms with E-state index in [2.05, 4.69) is 4.72 Å².